The Morgan fingerprint density at radius 1 is 0.299 bits per heavy atom. The molecule has 17 aromatic rings. The van der Waals surface area contributed by atoms with Gasteiger partial charge in [-0.1, -0.05) is 152 Å². The third-order valence-electron chi connectivity index (χ3n) is 15.6. The number of thiophene rings is 2. The zero-order valence-electron chi connectivity index (χ0n) is 41.0. The van der Waals surface area contributed by atoms with Crippen molar-refractivity contribution in [2.45, 2.75) is 0 Å². The molecule has 0 bridgehead atoms. The number of rotatable bonds is 6. The Hall–Kier alpha value is -9.73. The van der Waals surface area contributed by atoms with Crippen molar-refractivity contribution in [2.75, 3.05) is 0 Å². The standard InChI is InChI=1S/C69H39N5OS2/c1-2-13-45(14-3-1)73-56-20-8-4-17-48(56)49-30-25-41(36-59(49)73)40-29-34-60-55(35-40)50-31-26-42(37-61(50)75-60)43-27-33-53-65(38-43)77-63-24-12-19-54(66(53)63)68-70-67(44-28-32-52-51-18-7-11-23-62(51)76-64(52)39-44)71-69(72-68)74-57-21-9-5-15-46(57)47-16-6-10-22-58(47)74/h1-39H. The van der Waals surface area contributed by atoms with Gasteiger partial charge >= 0.3 is 0 Å². The van der Waals surface area contributed by atoms with Crippen LogP contribution in [-0.4, -0.2) is 24.1 Å². The van der Waals surface area contributed by atoms with E-state index in [1.165, 1.54) is 51.4 Å². The van der Waals surface area contributed by atoms with Crippen LogP contribution in [0, 0.1) is 0 Å². The fourth-order valence-electron chi connectivity index (χ4n) is 12.1. The van der Waals surface area contributed by atoms with Gasteiger partial charge < -0.3 is 8.98 Å². The summed E-state index contributed by atoms with van der Waals surface area (Å²) in [6.07, 6.45) is 0. The maximum atomic E-state index is 6.63. The van der Waals surface area contributed by atoms with Gasteiger partial charge in [0.1, 0.15) is 11.2 Å². The second-order valence-corrected chi connectivity index (χ2v) is 22.1. The van der Waals surface area contributed by atoms with Crippen LogP contribution in [0.2, 0.25) is 0 Å². The van der Waals surface area contributed by atoms with Gasteiger partial charge in [-0.25, -0.2) is 4.98 Å². The third-order valence-corrected chi connectivity index (χ3v) is 17.9. The summed E-state index contributed by atoms with van der Waals surface area (Å²) < 4.78 is 16.0. The van der Waals surface area contributed by atoms with E-state index in [9.17, 15) is 0 Å². The Morgan fingerprint density at radius 2 is 0.831 bits per heavy atom. The van der Waals surface area contributed by atoms with E-state index in [2.05, 4.69) is 246 Å². The third kappa shape index (κ3) is 6.50. The molecule has 0 amide bonds. The van der Waals surface area contributed by atoms with Crippen LogP contribution in [-0.2, 0) is 0 Å². The summed E-state index contributed by atoms with van der Waals surface area (Å²) in [5.41, 5.74) is 13.8. The second kappa shape index (κ2) is 16.4. The highest BCUT2D eigenvalue weighted by Gasteiger charge is 2.22. The summed E-state index contributed by atoms with van der Waals surface area (Å²) in [5, 5.41) is 11.8. The smallest absolute Gasteiger partial charge is 0.238 e. The zero-order chi connectivity index (χ0) is 50.3. The molecule has 17 rings (SSSR count). The van der Waals surface area contributed by atoms with Gasteiger partial charge in [-0.05, 0) is 107 Å². The maximum Gasteiger partial charge on any atom is 0.238 e. The molecule has 358 valence electrons. The number of benzene rings is 11. The second-order valence-electron chi connectivity index (χ2n) is 19.9. The fraction of sp³-hybridized carbons (Fsp3) is 0. The van der Waals surface area contributed by atoms with E-state index in [1.54, 1.807) is 22.7 Å². The number of aromatic nitrogens is 5. The van der Waals surface area contributed by atoms with Crippen LogP contribution in [0.15, 0.2) is 241 Å². The van der Waals surface area contributed by atoms with Gasteiger partial charge in [-0.2, -0.15) is 9.97 Å². The van der Waals surface area contributed by atoms with Gasteiger partial charge in [-0.3, -0.25) is 4.57 Å². The largest absolute Gasteiger partial charge is 0.456 e. The van der Waals surface area contributed by atoms with E-state index in [-0.39, 0.29) is 0 Å². The quantitative estimate of drug-likeness (QED) is 0.166. The molecule has 0 spiro atoms. The van der Waals surface area contributed by atoms with E-state index in [0.717, 1.165) is 93.6 Å². The first-order chi connectivity index (χ1) is 38.1. The summed E-state index contributed by atoms with van der Waals surface area (Å²) >= 11 is 3.60. The number of nitrogens with zero attached hydrogens (tertiary/aromatic N) is 5. The number of para-hydroxylation sites is 4. The van der Waals surface area contributed by atoms with Crippen LogP contribution >= 0.6 is 22.7 Å². The molecule has 0 atom stereocenters. The Bertz CT molecular complexity index is 5260. The molecule has 0 N–H and O–H groups in total. The summed E-state index contributed by atoms with van der Waals surface area (Å²) in [7, 11) is 0. The monoisotopic (exact) mass is 1020 g/mol. The van der Waals surface area contributed by atoms with Gasteiger partial charge in [-0.15, -0.1) is 22.7 Å². The molecule has 0 radical (unpaired) electrons. The molecule has 6 aromatic heterocycles. The highest BCUT2D eigenvalue weighted by atomic mass is 32.1. The number of hydrogen-bond donors (Lipinski definition) is 0. The van der Waals surface area contributed by atoms with Crippen LogP contribution in [0.25, 0.3) is 163 Å². The van der Waals surface area contributed by atoms with Crippen molar-refractivity contribution < 1.29 is 4.42 Å². The lowest BCUT2D eigenvalue weighted by Crippen LogP contribution is -2.06. The fourth-order valence-corrected chi connectivity index (χ4v) is 14.4. The first-order valence-electron chi connectivity index (χ1n) is 25.8. The molecule has 6 nitrogen and oxygen atoms in total. The van der Waals surface area contributed by atoms with Gasteiger partial charge in [0.25, 0.3) is 0 Å². The molecule has 0 saturated heterocycles. The van der Waals surface area contributed by atoms with Crippen LogP contribution in [0.3, 0.4) is 0 Å². The van der Waals surface area contributed by atoms with Crippen molar-refractivity contribution >= 4 is 129 Å². The van der Waals surface area contributed by atoms with Crippen molar-refractivity contribution in [3.63, 3.8) is 0 Å². The predicted octanol–water partition coefficient (Wildman–Crippen LogP) is 19.4. The Labute approximate surface area is 447 Å². The summed E-state index contributed by atoms with van der Waals surface area (Å²) in [5.74, 6) is 1.85. The minimum absolute atomic E-state index is 0.583. The van der Waals surface area contributed by atoms with Crippen molar-refractivity contribution in [3.05, 3.63) is 237 Å². The van der Waals surface area contributed by atoms with E-state index in [0.29, 0.717) is 17.6 Å². The van der Waals surface area contributed by atoms with Gasteiger partial charge in [0.2, 0.25) is 5.95 Å². The predicted molar refractivity (Wildman–Crippen MR) is 323 cm³/mol. The van der Waals surface area contributed by atoms with E-state index < -0.39 is 0 Å². The summed E-state index contributed by atoms with van der Waals surface area (Å²) in [6, 6.07) is 85.0. The molecule has 0 aliphatic heterocycles. The van der Waals surface area contributed by atoms with E-state index in [4.69, 9.17) is 19.4 Å². The topological polar surface area (TPSA) is 61.7 Å². The first-order valence-corrected chi connectivity index (χ1v) is 27.4. The molecule has 11 aromatic carbocycles. The summed E-state index contributed by atoms with van der Waals surface area (Å²) in [4.78, 5) is 16.1. The lowest BCUT2D eigenvalue weighted by molar-refractivity contribution is 0.669. The van der Waals surface area contributed by atoms with Crippen LogP contribution in [0.5, 0.6) is 0 Å². The Kier molecular flexibility index (Phi) is 9.07. The zero-order valence-corrected chi connectivity index (χ0v) is 42.6. The lowest BCUT2D eigenvalue weighted by atomic mass is 9.99. The van der Waals surface area contributed by atoms with Gasteiger partial charge in [0.05, 0.1) is 22.1 Å². The van der Waals surface area contributed by atoms with Crippen LogP contribution in [0.1, 0.15) is 0 Å². The normalized spacial score (nSPS) is 12.2. The molecule has 6 heterocycles. The molecule has 77 heavy (non-hydrogen) atoms. The van der Waals surface area contributed by atoms with E-state index >= 15 is 0 Å². The van der Waals surface area contributed by atoms with Crippen molar-refractivity contribution in [1.82, 2.24) is 24.1 Å². The van der Waals surface area contributed by atoms with Crippen LogP contribution in [0.4, 0.5) is 0 Å². The van der Waals surface area contributed by atoms with Crippen molar-refractivity contribution in [1.29, 1.82) is 0 Å². The summed E-state index contributed by atoms with van der Waals surface area (Å²) in [6.45, 7) is 0. The van der Waals surface area contributed by atoms with Gasteiger partial charge in [0.15, 0.2) is 11.6 Å². The molecular formula is C69H39N5OS2. The van der Waals surface area contributed by atoms with Gasteiger partial charge in [0, 0.05) is 89.5 Å². The van der Waals surface area contributed by atoms with Crippen LogP contribution < -0.4 is 0 Å². The SMILES string of the molecule is c1ccc(-n2c3ccccc3c3ccc(-c4ccc5oc6cc(-c7ccc8c(c7)sc7cccc(-c9nc(-c%10ccc%11c(c%10)sc%10ccccc%10%11)nc(-n%10c%11ccccc%11c%11ccccc%11%10)n9)c78)ccc6c5c4)cc32)cc1. The van der Waals surface area contributed by atoms with E-state index in [1.807, 2.05) is 0 Å². The Balaban J connectivity index is 0.770. The molecular weight excluding hydrogens is 979 g/mol. The minimum Gasteiger partial charge on any atom is -0.456 e. The Morgan fingerprint density at radius 3 is 1.62 bits per heavy atom. The molecule has 0 fully saturated rings. The number of furan rings is 1. The van der Waals surface area contributed by atoms with Crippen molar-refractivity contribution in [3.8, 4) is 56.7 Å². The molecule has 0 aliphatic rings. The molecule has 0 aliphatic carbocycles. The number of fused-ring (bicyclic) bond motifs is 15. The molecule has 8 heteroatoms. The maximum absolute atomic E-state index is 6.63. The lowest BCUT2D eigenvalue weighted by Gasteiger charge is -2.12. The van der Waals surface area contributed by atoms with Crippen molar-refractivity contribution in [2.24, 2.45) is 0 Å². The highest BCUT2D eigenvalue weighted by Crippen LogP contribution is 2.44. The average Bonchev–Trinajstić information content (AvgIpc) is 4.38. The number of hydrogen-bond acceptors (Lipinski definition) is 6. The molecule has 0 unspecified atom stereocenters. The minimum atomic E-state index is 0.583. The molecule has 0 saturated carbocycles. The highest BCUT2D eigenvalue weighted by molar-refractivity contribution is 7.26. The average molecular weight is 1020 g/mol. The first kappa shape index (κ1) is 42.6.